The van der Waals surface area contributed by atoms with Gasteiger partial charge in [0.2, 0.25) is 0 Å². The number of aliphatic hydroxyl groups excluding tert-OH is 1. The molecule has 1 aliphatic rings. The first-order valence-corrected chi connectivity index (χ1v) is 14.5. The molecule has 0 fully saturated rings. The Morgan fingerprint density at radius 2 is 1.74 bits per heavy atom. The molecule has 226 valence electrons. The van der Waals surface area contributed by atoms with Crippen molar-refractivity contribution in [2.75, 3.05) is 33.9 Å². The lowest BCUT2D eigenvalue weighted by Crippen LogP contribution is -2.48. The van der Waals surface area contributed by atoms with Crippen LogP contribution in [0.25, 0.3) is 22.0 Å². The van der Waals surface area contributed by atoms with Gasteiger partial charge in [-0.05, 0) is 48.4 Å². The van der Waals surface area contributed by atoms with E-state index in [1.54, 1.807) is 43.3 Å². The van der Waals surface area contributed by atoms with E-state index in [-0.39, 0.29) is 25.0 Å². The molecule has 9 nitrogen and oxygen atoms in total. The average Bonchev–Trinajstić information content (AvgIpc) is 3.32. The second kappa shape index (κ2) is 12.9. The molecule has 0 aliphatic carbocycles. The number of rotatable bonds is 6. The van der Waals surface area contributed by atoms with Gasteiger partial charge in [0.15, 0.2) is 0 Å². The first kappa shape index (κ1) is 30.1. The lowest BCUT2D eigenvalue weighted by atomic mass is 9.96. The lowest BCUT2D eigenvalue weighted by molar-refractivity contribution is -0.0206. The highest BCUT2D eigenvalue weighted by molar-refractivity contribution is 6.10. The van der Waals surface area contributed by atoms with E-state index in [1.807, 2.05) is 74.0 Å². The zero-order valence-electron chi connectivity index (χ0n) is 25.3. The van der Waals surface area contributed by atoms with Gasteiger partial charge in [-0.2, -0.15) is 0 Å². The Labute approximate surface area is 252 Å². The summed E-state index contributed by atoms with van der Waals surface area (Å²) < 4.78 is 19.3. The molecule has 1 aromatic heterocycles. The smallest absolute Gasteiger partial charge is 0.415 e. The number of amides is 2. The molecule has 0 saturated heterocycles. The van der Waals surface area contributed by atoms with Crippen LogP contribution in [0.2, 0.25) is 0 Å². The van der Waals surface area contributed by atoms with Crippen molar-refractivity contribution < 1.29 is 28.9 Å². The first-order valence-electron chi connectivity index (χ1n) is 14.5. The monoisotopic (exact) mass is 585 g/mol. The van der Waals surface area contributed by atoms with Crippen molar-refractivity contribution in [2.45, 2.75) is 32.6 Å². The molecule has 1 N–H and O–H groups in total. The molecule has 5 rings (SSSR count). The van der Waals surface area contributed by atoms with Gasteiger partial charge in [-0.1, -0.05) is 49.4 Å². The SMILES string of the molecule is COc1ccc(OC(=O)N(C)C[C@@H]2OCc3ccccc3-c3c(n(C)c4ccccc34)C(=O)N([C@H](C)CO)C[C@H]2C)cc1. The van der Waals surface area contributed by atoms with Crippen molar-refractivity contribution in [1.29, 1.82) is 0 Å². The van der Waals surface area contributed by atoms with E-state index >= 15 is 0 Å². The van der Waals surface area contributed by atoms with Crippen LogP contribution in [0.5, 0.6) is 11.5 Å². The molecule has 0 spiro atoms. The number of methoxy groups -OCH3 is 1. The Morgan fingerprint density at radius 3 is 2.47 bits per heavy atom. The highest BCUT2D eigenvalue weighted by Crippen LogP contribution is 2.38. The van der Waals surface area contributed by atoms with E-state index in [4.69, 9.17) is 14.2 Å². The third-order valence-electron chi connectivity index (χ3n) is 8.26. The molecule has 43 heavy (non-hydrogen) atoms. The maximum absolute atomic E-state index is 14.5. The van der Waals surface area contributed by atoms with Crippen LogP contribution in [-0.2, 0) is 18.4 Å². The van der Waals surface area contributed by atoms with Gasteiger partial charge in [-0.25, -0.2) is 4.79 Å². The van der Waals surface area contributed by atoms with E-state index in [2.05, 4.69) is 0 Å². The van der Waals surface area contributed by atoms with Gasteiger partial charge in [-0.15, -0.1) is 0 Å². The molecular formula is C34H39N3O6. The first-order chi connectivity index (χ1) is 20.7. The maximum Gasteiger partial charge on any atom is 0.415 e. The normalized spacial score (nSPS) is 17.9. The van der Waals surface area contributed by atoms with Crippen LogP contribution in [0.15, 0.2) is 72.8 Å². The Kier molecular flexibility index (Phi) is 9.03. The molecule has 3 aromatic carbocycles. The minimum Gasteiger partial charge on any atom is -0.497 e. The van der Waals surface area contributed by atoms with Gasteiger partial charge < -0.3 is 33.7 Å². The topological polar surface area (TPSA) is 93.5 Å². The Morgan fingerprint density at radius 1 is 1.07 bits per heavy atom. The summed E-state index contributed by atoms with van der Waals surface area (Å²) in [5, 5.41) is 11.2. The zero-order chi connectivity index (χ0) is 30.7. The maximum atomic E-state index is 14.5. The van der Waals surface area contributed by atoms with Crippen molar-refractivity contribution in [3.63, 3.8) is 0 Å². The van der Waals surface area contributed by atoms with Crippen molar-refractivity contribution >= 4 is 22.9 Å². The molecule has 2 heterocycles. The van der Waals surface area contributed by atoms with Gasteiger partial charge in [-0.3, -0.25) is 4.79 Å². The van der Waals surface area contributed by atoms with Gasteiger partial charge >= 0.3 is 6.09 Å². The summed E-state index contributed by atoms with van der Waals surface area (Å²) in [4.78, 5) is 30.7. The Balaban J connectivity index is 1.51. The predicted molar refractivity (Wildman–Crippen MR) is 165 cm³/mol. The van der Waals surface area contributed by atoms with Crippen LogP contribution >= 0.6 is 0 Å². The fourth-order valence-electron chi connectivity index (χ4n) is 5.69. The molecule has 0 saturated carbocycles. The summed E-state index contributed by atoms with van der Waals surface area (Å²) in [6, 6.07) is 22.3. The molecular weight excluding hydrogens is 546 g/mol. The summed E-state index contributed by atoms with van der Waals surface area (Å²) in [5.41, 5.74) is 4.23. The number of hydrogen-bond donors (Lipinski definition) is 1. The van der Waals surface area contributed by atoms with Crippen LogP contribution < -0.4 is 9.47 Å². The number of para-hydroxylation sites is 1. The number of benzene rings is 3. The second-order valence-corrected chi connectivity index (χ2v) is 11.2. The highest BCUT2D eigenvalue weighted by Gasteiger charge is 2.34. The quantitative estimate of drug-likeness (QED) is 0.328. The van der Waals surface area contributed by atoms with Crippen molar-refractivity contribution in [1.82, 2.24) is 14.4 Å². The summed E-state index contributed by atoms with van der Waals surface area (Å²) >= 11 is 0. The van der Waals surface area contributed by atoms with E-state index in [0.717, 1.165) is 27.6 Å². The van der Waals surface area contributed by atoms with Crippen molar-refractivity contribution in [3.8, 4) is 22.6 Å². The second-order valence-electron chi connectivity index (χ2n) is 11.2. The molecule has 0 bridgehead atoms. The summed E-state index contributed by atoms with van der Waals surface area (Å²) in [6.45, 7) is 4.51. The van der Waals surface area contributed by atoms with Gasteiger partial charge in [0.25, 0.3) is 5.91 Å². The van der Waals surface area contributed by atoms with Crippen LogP contribution in [0.3, 0.4) is 0 Å². The summed E-state index contributed by atoms with van der Waals surface area (Å²) in [6.07, 6.45) is -0.952. The molecule has 4 aromatic rings. The Hall–Kier alpha value is -4.34. The third kappa shape index (κ3) is 6.09. The van der Waals surface area contributed by atoms with E-state index in [0.29, 0.717) is 30.3 Å². The van der Waals surface area contributed by atoms with Crippen molar-refractivity contribution in [2.24, 2.45) is 13.0 Å². The number of aryl methyl sites for hydroxylation is 1. The van der Waals surface area contributed by atoms with E-state index < -0.39 is 18.2 Å². The number of aromatic nitrogens is 1. The standard InChI is InChI=1S/C34H39N3O6/c1-22-18-37(23(2)20-38)33(39)32-31(28-12-8-9-13-29(28)36(32)4)27-11-7-6-10-24(27)21-42-30(22)19-35(3)34(40)43-26-16-14-25(41-5)15-17-26/h6-17,22-23,30,38H,18-21H2,1-5H3/t22-,23-,30+/m1/s1. The number of ether oxygens (including phenoxy) is 3. The van der Waals surface area contributed by atoms with Crippen LogP contribution in [0.1, 0.15) is 29.9 Å². The van der Waals surface area contributed by atoms with Crippen LogP contribution in [0.4, 0.5) is 4.79 Å². The number of carbonyl (C=O) groups is 2. The van der Waals surface area contributed by atoms with E-state index in [1.165, 1.54) is 4.90 Å². The van der Waals surface area contributed by atoms with Gasteiger partial charge in [0.1, 0.15) is 17.2 Å². The van der Waals surface area contributed by atoms with Gasteiger partial charge in [0, 0.05) is 43.0 Å². The minimum atomic E-state index is -0.522. The molecule has 3 atom stereocenters. The number of nitrogens with zero attached hydrogens (tertiary/aromatic N) is 3. The summed E-state index contributed by atoms with van der Waals surface area (Å²) in [5.74, 6) is 0.725. The van der Waals surface area contributed by atoms with E-state index in [9.17, 15) is 14.7 Å². The van der Waals surface area contributed by atoms with Crippen molar-refractivity contribution in [3.05, 3.63) is 84.1 Å². The minimum absolute atomic E-state index is 0.162. The predicted octanol–water partition coefficient (Wildman–Crippen LogP) is 5.34. The Bertz CT molecular complexity index is 1600. The molecule has 0 unspecified atom stereocenters. The fourth-order valence-corrected chi connectivity index (χ4v) is 5.69. The van der Waals surface area contributed by atoms with Crippen LogP contribution in [0, 0.1) is 5.92 Å². The number of hydrogen-bond acceptors (Lipinski definition) is 6. The average molecular weight is 586 g/mol. The number of likely N-dealkylation sites (N-methyl/N-ethyl adjacent to an activating group) is 1. The number of aliphatic hydroxyl groups is 1. The number of carbonyl (C=O) groups excluding carboxylic acids is 2. The fraction of sp³-hybridized carbons (Fsp3) is 0.353. The third-order valence-corrected chi connectivity index (χ3v) is 8.26. The largest absolute Gasteiger partial charge is 0.497 e. The molecule has 0 radical (unpaired) electrons. The zero-order valence-corrected chi connectivity index (χ0v) is 25.3. The molecule has 1 aliphatic heterocycles. The van der Waals surface area contributed by atoms with Gasteiger partial charge in [0.05, 0.1) is 39.0 Å². The number of fused-ring (bicyclic) bond motifs is 5. The molecule has 9 heteroatoms. The summed E-state index contributed by atoms with van der Waals surface area (Å²) in [7, 11) is 5.16. The lowest BCUT2D eigenvalue weighted by Gasteiger charge is -2.34. The molecule has 2 amide bonds. The van der Waals surface area contributed by atoms with Crippen LogP contribution in [-0.4, -0.2) is 77.5 Å². The highest BCUT2D eigenvalue weighted by atomic mass is 16.6.